The first-order valence-electron chi connectivity index (χ1n) is 8.92. The summed E-state index contributed by atoms with van der Waals surface area (Å²) in [7, 11) is 0. The van der Waals surface area contributed by atoms with Crippen molar-refractivity contribution in [3.63, 3.8) is 0 Å². The van der Waals surface area contributed by atoms with Gasteiger partial charge in [0, 0.05) is 6.04 Å². The number of carbonyl (C=O) groups is 3. The highest BCUT2D eigenvalue weighted by Crippen LogP contribution is 2.33. The number of alkyl carbamates (subject to hydrolysis) is 1. The van der Waals surface area contributed by atoms with Crippen LogP contribution in [-0.2, 0) is 19.1 Å². The minimum absolute atomic E-state index is 0.0432. The monoisotopic (exact) mass is 354 g/mol. The standard InChI is InChI=1S/C18H30N2O5/c1-17(2,3)24-15(22)13-10-8-11-7-9-12(14(21)20(11)13)19-16(23)25-18(4,5)6/h11-13H,7-10H2,1-6H3,(H,19,23)/t11-,12+,13+/m1/s1. The number of hydrogen-bond acceptors (Lipinski definition) is 5. The molecule has 2 aliphatic heterocycles. The Bertz CT molecular complexity index is 547. The first-order chi connectivity index (χ1) is 11.4. The first kappa shape index (κ1) is 19.5. The topological polar surface area (TPSA) is 84.9 Å². The molecule has 0 aromatic carbocycles. The summed E-state index contributed by atoms with van der Waals surface area (Å²) in [6.45, 7) is 10.7. The van der Waals surface area contributed by atoms with Gasteiger partial charge in [-0.3, -0.25) is 4.79 Å². The van der Waals surface area contributed by atoms with Gasteiger partial charge in [0.25, 0.3) is 0 Å². The minimum atomic E-state index is -0.658. The maximum Gasteiger partial charge on any atom is 0.408 e. The molecule has 0 spiro atoms. The highest BCUT2D eigenvalue weighted by molar-refractivity contribution is 5.91. The molecule has 25 heavy (non-hydrogen) atoms. The third-order valence-electron chi connectivity index (χ3n) is 4.21. The number of nitrogens with one attached hydrogen (secondary N) is 1. The summed E-state index contributed by atoms with van der Waals surface area (Å²) in [6.07, 6.45) is 2.09. The molecule has 0 saturated carbocycles. The van der Waals surface area contributed by atoms with Crippen LogP contribution in [-0.4, -0.2) is 52.2 Å². The molecule has 2 amide bonds. The van der Waals surface area contributed by atoms with Gasteiger partial charge >= 0.3 is 12.1 Å². The quantitative estimate of drug-likeness (QED) is 0.770. The number of esters is 1. The van der Waals surface area contributed by atoms with Crippen LogP contribution >= 0.6 is 0 Å². The summed E-state index contributed by atoms with van der Waals surface area (Å²) >= 11 is 0. The van der Waals surface area contributed by atoms with Crippen molar-refractivity contribution >= 4 is 18.0 Å². The van der Waals surface area contributed by atoms with E-state index < -0.39 is 29.4 Å². The molecule has 142 valence electrons. The zero-order chi connectivity index (χ0) is 19.0. The Morgan fingerprint density at radius 1 is 0.960 bits per heavy atom. The molecule has 7 heteroatoms. The van der Waals surface area contributed by atoms with Crippen LogP contribution in [0, 0.1) is 0 Å². The normalized spacial score (nSPS) is 26.9. The molecule has 0 unspecified atom stereocenters. The summed E-state index contributed by atoms with van der Waals surface area (Å²) in [5, 5.41) is 2.64. The lowest BCUT2D eigenvalue weighted by Gasteiger charge is -2.38. The van der Waals surface area contributed by atoms with Crippen molar-refractivity contribution in [3.05, 3.63) is 0 Å². The van der Waals surface area contributed by atoms with Gasteiger partial charge in [0.05, 0.1) is 0 Å². The Morgan fingerprint density at radius 3 is 2.08 bits per heavy atom. The van der Waals surface area contributed by atoms with Gasteiger partial charge in [0.1, 0.15) is 23.3 Å². The molecule has 2 aliphatic rings. The summed E-state index contributed by atoms with van der Waals surface area (Å²) in [4.78, 5) is 38.9. The number of amides is 2. The minimum Gasteiger partial charge on any atom is -0.458 e. The van der Waals surface area contributed by atoms with Gasteiger partial charge in [-0.25, -0.2) is 9.59 Å². The zero-order valence-electron chi connectivity index (χ0n) is 16.0. The third kappa shape index (κ3) is 5.09. The maximum atomic E-state index is 12.8. The van der Waals surface area contributed by atoms with E-state index in [1.54, 1.807) is 25.7 Å². The summed E-state index contributed by atoms with van der Waals surface area (Å²) in [5.74, 6) is -0.600. The van der Waals surface area contributed by atoms with Crippen molar-refractivity contribution in [1.82, 2.24) is 10.2 Å². The van der Waals surface area contributed by atoms with Crippen LogP contribution in [0.15, 0.2) is 0 Å². The Hall–Kier alpha value is -1.79. The Balaban J connectivity index is 2.04. The lowest BCUT2D eigenvalue weighted by molar-refractivity contribution is -0.165. The smallest absolute Gasteiger partial charge is 0.408 e. The van der Waals surface area contributed by atoms with E-state index in [0.717, 1.165) is 12.8 Å². The molecule has 0 radical (unpaired) electrons. The van der Waals surface area contributed by atoms with Gasteiger partial charge in [-0.05, 0) is 67.2 Å². The molecule has 3 atom stereocenters. The lowest BCUT2D eigenvalue weighted by atomic mass is 9.98. The number of ether oxygens (including phenoxy) is 2. The SMILES string of the molecule is CC(C)(C)OC(=O)N[C@H]1CC[C@@H]2CC[C@@H](C(=O)OC(C)(C)C)N2C1=O. The largest absolute Gasteiger partial charge is 0.458 e. The van der Waals surface area contributed by atoms with Crippen molar-refractivity contribution in [2.45, 2.75) is 96.6 Å². The summed E-state index contributed by atoms with van der Waals surface area (Å²) in [6, 6.07) is -1.18. The van der Waals surface area contributed by atoms with E-state index in [1.165, 1.54) is 0 Å². The number of fused-ring (bicyclic) bond motifs is 1. The molecule has 7 nitrogen and oxygen atoms in total. The van der Waals surface area contributed by atoms with Crippen LogP contribution < -0.4 is 5.32 Å². The molecule has 0 aromatic heterocycles. The second-order valence-electron chi connectivity index (χ2n) is 8.80. The number of nitrogens with zero attached hydrogens (tertiary/aromatic N) is 1. The molecule has 1 N–H and O–H groups in total. The van der Waals surface area contributed by atoms with E-state index in [4.69, 9.17) is 9.47 Å². The number of carbonyl (C=O) groups excluding carboxylic acids is 3. The summed E-state index contributed by atoms with van der Waals surface area (Å²) in [5.41, 5.74) is -1.22. The highest BCUT2D eigenvalue weighted by atomic mass is 16.6. The van der Waals surface area contributed by atoms with E-state index in [1.807, 2.05) is 20.8 Å². The van der Waals surface area contributed by atoms with Crippen LogP contribution in [0.25, 0.3) is 0 Å². The zero-order valence-corrected chi connectivity index (χ0v) is 16.0. The van der Waals surface area contributed by atoms with E-state index in [-0.39, 0.29) is 17.9 Å². The fraction of sp³-hybridized carbons (Fsp3) is 0.833. The molecule has 0 aromatic rings. The predicted molar refractivity (Wildman–Crippen MR) is 91.9 cm³/mol. The summed E-state index contributed by atoms with van der Waals surface area (Å²) < 4.78 is 10.7. The van der Waals surface area contributed by atoms with E-state index in [0.29, 0.717) is 12.8 Å². The van der Waals surface area contributed by atoms with Gasteiger partial charge < -0.3 is 19.7 Å². The van der Waals surface area contributed by atoms with Crippen molar-refractivity contribution in [1.29, 1.82) is 0 Å². The molecule has 0 bridgehead atoms. The Labute approximate surface area is 149 Å². The fourth-order valence-corrected chi connectivity index (χ4v) is 3.35. The van der Waals surface area contributed by atoms with Crippen LogP contribution in [0.2, 0.25) is 0 Å². The first-order valence-corrected chi connectivity index (χ1v) is 8.92. The van der Waals surface area contributed by atoms with Gasteiger partial charge in [0.15, 0.2) is 0 Å². The van der Waals surface area contributed by atoms with Gasteiger partial charge in [0.2, 0.25) is 5.91 Å². The fourth-order valence-electron chi connectivity index (χ4n) is 3.35. The second-order valence-corrected chi connectivity index (χ2v) is 8.80. The molecule has 2 heterocycles. The molecule has 0 aliphatic carbocycles. The van der Waals surface area contributed by atoms with Crippen LogP contribution in [0.1, 0.15) is 67.2 Å². The number of piperidine rings is 1. The van der Waals surface area contributed by atoms with Crippen LogP contribution in [0.3, 0.4) is 0 Å². The van der Waals surface area contributed by atoms with E-state index in [9.17, 15) is 14.4 Å². The molecule has 2 saturated heterocycles. The third-order valence-corrected chi connectivity index (χ3v) is 4.21. The Morgan fingerprint density at radius 2 is 1.52 bits per heavy atom. The maximum absolute atomic E-state index is 12.8. The van der Waals surface area contributed by atoms with Gasteiger partial charge in [-0.15, -0.1) is 0 Å². The van der Waals surface area contributed by atoms with Gasteiger partial charge in [-0.1, -0.05) is 0 Å². The predicted octanol–water partition coefficient (Wildman–Crippen LogP) is 2.37. The molecule has 2 rings (SSSR count). The van der Waals surface area contributed by atoms with E-state index >= 15 is 0 Å². The molecular formula is C18H30N2O5. The highest BCUT2D eigenvalue weighted by Gasteiger charge is 2.47. The van der Waals surface area contributed by atoms with Crippen molar-refractivity contribution in [3.8, 4) is 0 Å². The number of hydrogen-bond donors (Lipinski definition) is 1. The molecule has 2 fully saturated rings. The van der Waals surface area contributed by atoms with Gasteiger partial charge in [-0.2, -0.15) is 0 Å². The van der Waals surface area contributed by atoms with Crippen molar-refractivity contribution in [2.75, 3.05) is 0 Å². The molecular weight excluding hydrogens is 324 g/mol. The van der Waals surface area contributed by atoms with Crippen molar-refractivity contribution < 1.29 is 23.9 Å². The van der Waals surface area contributed by atoms with Crippen LogP contribution in [0.4, 0.5) is 4.79 Å². The lowest BCUT2D eigenvalue weighted by Crippen LogP contribution is -2.58. The average Bonchev–Trinajstić information content (AvgIpc) is 2.82. The second kappa shape index (κ2) is 6.84. The van der Waals surface area contributed by atoms with Crippen molar-refractivity contribution in [2.24, 2.45) is 0 Å². The van der Waals surface area contributed by atoms with E-state index in [2.05, 4.69) is 5.32 Å². The Kier molecular flexibility index (Phi) is 5.35. The number of rotatable bonds is 2. The average molecular weight is 354 g/mol. The van der Waals surface area contributed by atoms with Crippen LogP contribution in [0.5, 0.6) is 0 Å².